The van der Waals surface area contributed by atoms with Gasteiger partial charge < -0.3 is 31.6 Å². The van der Waals surface area contributed by atoms with Gasteiger partial charge in [0.1, 0.15) is 5.65 Å². The Balaban J connectivity index is 1.22. The molecule has 0 atom stereocenters. The van der Waals surface area contributed by atoms with Crippen LogP contribution >= 0.6 is 0 Å². The number of rotatable bonds is 10. The van der Waals surface area contributed by atoms with Crippen LogP contribution in [0.4, 0.5) is 0 Å². The number of hydrogen-bond acceptors (Lipinski definition) is 6. The molecule has 0 aliphatic carbocycles. The van der Waals surface area contributed by atoms with Crippen molar-refractivity contribution in [3.63, 3.8) is 0 Å². The molecule has 2 aromatic heterocycles. The minimum absolute atomic E-state index is 0.0573. The number of nitrogens with one attached hydrogen (secondary N) is 5. The van der Waals surface area contributed by atoms with Gasteiger partial charge in [0.15, 0.2) is 5.96 Å². The zero-order valence-corrected chi connectivity index (χ0v) is 23.2. The van der Waals surface area contributed by atoms with Gasteiger partial charge in [-0.1, -0.05) is 24.3 Å². The second-order valence-corrected chi connectivity index (χ2v) is 10.5. The Morgan fingerprint density at radius 2 is 1.88 bits per heavy atom. The molecule has 1 amide bonds. The summed E-state index contributed by atoms with van der Waals surface area (Å²) in [6, 6.07) is 17.4. The summed E-state index contributed by atoms with van der Waals surface area (Å²) < 4.78 is 1.54. The van der Waals surface area contributed by atoms with Crippen molar-refractivity contribution in [2.75, 3.05) is 33.2 Å². The molecule has 4 aromatic rings. The first-order chi connectivity index (χ1) is 19.9. The quantitative estimate of drug-likeness (QED) is 0.0995. The minimum Gasteiger partial charge on any atom is -0.370 e. The monoisotopic (exact) mass is 555 g/mol. The molecule has 1 fully saturated rings. The van der Waals surface area contributed by atoms with E-state index in [2.05, 4.69) is 25.9 Å². The SMILES string of the molecule is CN(CCCNCc1ccc(-n2cc3cc(-c4ccc(C(=O)NC5CCNCC5)cc4)[nH]c3nc2=O)cc1)C(=N)N. The van der Waals surface area contributed by atoms with Gasteiger partial charge in [0.05, 0.1) is 5.69 Å². The van der Waals surface area contributed by atoms with Crippen molar-refractivity contribution in [3.05, 3.63) is 82.4 Å². The number of fused-ring (bicyclic) bond motifs is 1. The Labute approximate surface area is 238 Å². The van der Waals surface area contributed by atoms with E-state index >= 15 is 0 Å². The summed E-state index contributed by atoms with van der Waals surface area (Å²) in [6.07, 6.45) is 4.56. The summed E-state index contributed by atoms with van der Waals surface area (Å²) in [5.41, 5.74) is 9.81. The van der Waals surface area contributed by atoms with E-state index in [1.165, 1.54) is 0 Å². The molecule has 2 aromatic carbocycles. The van der Waals surface area contributed by atoms with Gasteiger partial charge in [0.25, 0.3) is 5.91 Å². The van der Waals surface area contributed by atoms with E-state index in [9.17, 15) is 9.59 Å². The average Bonchev–Trinajstić information content (AvgIpc) is 3.40. The highest BCUT2D eigenvalue weighted by molar-refractivity contribution is 5.95. The smallest absolute Gasteiger partial charge is 0.354 e. The third-order valence-corrected chi connectivity index (χ3v) is 7.44. The molecule has 214 valence electrons. The number of H-pyrrole nitrogens is 1. The van der Waals surface area contributed by atoms with Crippen molar-refractivity contribution >= 4 is 22.9 Å². The van der Waals surface area contributed by atoms with Crippen LogP contribution in [0.2, 0.25) is 0 Å². The minimum atomic E-state index is -0.365. The van der Waals surface area contributed by atoms with E-state index in [4.69, 9.17) is 11.1 Å². The Kier molecular flexibility index (Phi) is 8.76. The normalized spacial score (nSPS) is 13.8. The molecule has 1 aliphatic heterocycles. The second-order valence-electron chi connectivity index (χ2n) is 10.5. The van der Waals surface area contributed by atoms with Crippen molar-refractivity contribution in [1.82, 2.24) is 35.4 Å². The number of benzene rings is 2. The summed E-state index contributed by atoms with van der Waals surface area (Å²) in [6.45, 7) is 4.09. The number of aromatic nitrogens is 3. The maximum atomic E-state index is 12.8. The number of aromatic amines is 1. The molecule has 0 radical (unpaired) electrons. The highest BCUT2D eigenvalue weighted by Crippen LogP contribution is 2.23. The highest BCUT2D eigenvalue weighted by atomic mass is 16.2. The van der Waals surface area contributed by atoms with E-state index in [0.29, 0.717) is 17.8 Å². The van der Waals surface area contributed by atoms with Gasteiger partial charge in [-0.15, -0.1) is 0 Å². The number of hydrogen-bond donors (Lipinski definition) is 6. The van der Waals surface area contributed by atoms with Gasteiger partial charge in [0, 0.05) is 49.0 Å². The molecule has 7 N–H and O–H groups in total. The van der Waals surface area contributed by atoms with Crippen molar-refractivity contribution in [2.45, 2.75) is 31.8 Å². The van der Waals surface area contributed by atoms with Crippen LogP contribution in [0, 0.1) is 5.41 Å². The fourth-order valence-electron chi connectivity index (χ4n) is 4.94. The first-order valence-electron chi connectivity index (χ1n) is 14.0. The van der Waals surface area contributed by atoms with E-state index in [0.717, 1.165) is 73.3 Å². The van der Waals surface area contributed by atoms with Crippen LogP contribution < -0.4 is 27.4 Å². The zero-order chi connectivity index (χ0) is 28.8. The first-order valence-corrected chi connectivity index (χ1v) is 14.0. The van der Waals surface area contributed by atoms with E-state index in [1.54, 1.807) is 22.7 Å². The van der Waals surface area contributed by atoms with Crippen molar-refractivity contribution in [1.29, 1.82) is 5.41 Å². The molecule has 41 heavy (non-hydrogen) atoms. The summed E-state index contributed by atoms with van der Waals surface area (Å²) >= 11 is 0. The lowest BCUT2D eigenvalue weighted by molar-refractivity contribution is 0.0929. The van der Waals surface area contributed by atoms with Crippen LogP contribution in [0.5, 0.6) is 0 Å². The van der Waals surface area contributed by atoms with E-state index in [1.807, 2.05) is 54.6 Å². The van der Waals surface area contributed by atoms with Crippen molar-refractivity contribution in [2.24, 2.45) is 5.73 Å². The van der Waals surface area contributed by atoms with E-state index < -0.39 is 0 Å². The number of nitrogens with zero attached hydrogens (tertiary/aromatic N) is 3. The van der Waals surface area contributed by atoms with Crippen LogP contribution in [0.25, 0.3) is 28.0 Å². The Hall–Kier alpha value is -4.48. The van der Waals surface area contributed by atoms with Gasteiger partial charge in [-0.3, -0.25) is 14.8 Å². The molecule has 11 nitrogen and oxygen atoms in total. The number of nitrogens with two attached hydrogens (primary N) is 1. The Morgan fingerprint density at radius 3 is 2.59 bits per heavy atom. The number of amides is 1. The molecule has 11 heteroatoms. The Morgan fingerprint density at radius 1 is 1.15 bits per heavy atom. The molecule has 1 saturated heterocycles. The van der Waals surface area contributed by atoms with Crippen LogP contribution in [-0.2, 0) is 6.54 Å². The highest BCUT2D eigenvalue weighted by Gasteiger charge is 2.16. The van der Waals surface area contributed by atoms with Crippen LogP contribution in [0.3, 0.4) is 0 Å². The molecule has 1 aliphatic rings. The van der Waals surface area contributed by atoms with Crippen molar-refractivity contribution in [3.8, 4) is 16.9 Å². The zero-order valence-electron chi connectivity index (χ0n) is 23.2. The summed E-state index contributed by atoms with van der Waals surface area (Å²) in [7, 11) is 1.80. The van der Waals surface area contributed by atoms with Crippen LogP contribution in [-0.4, -0.2) is 70.6 Å². The van der Waals surface area contributed by atoms with Gasteiger partial charge in [0.2, 0.25) is 0 Å². The third-order valence-electron chi connectivity index (χ3n) is 7.44. The van der Waals surface area contributed by atoms with Gasteiger partial charge in [-0.2, -0.15) is 4.98 Å². The first kappa shape index (κ1) is 28.1. The third kappa shape index (κ3) is 7.00. The van der Waals surface area contributed by atoms with E-state index in [-0.39, 0.29) is 23.6 Å². The summed E-state index contributed by atoms with van der Waals surface area (Å²) in [4.78, 5) is 34.7. The van der Waals surface area contributed by atoms with Gasteiger partial charge in [-0.25, -0.2) is 4.79 Å². The second kappa shape index (κ2) is 12.8. The molecular weight excluding hydrogens is 518 g/mol. The fourth-order valence-corrected chi connectivity index (χ4v) is 4.94. The molecule has 0 saturated carbocycles. The van der Waals surface area contributed by atoms with Crippen LogP contribution in [0.1, 0.15) is 35.2 Å². The number of guanidine groups is 1. The molecule has 0 spiro atoms. The lowest BCUT2D eigenvalue weighted by atomic mass is 10.0. The van der Waals surface area contributed by atoms with Gasteiger partial charge >= 0.3 is 5.69 Å². The lowest BCUT2D eigenvalue weighted by Crippen LogP contribution is -2.42. The number of carbonyl (C=O) groups is 1. The largest absolute Gasteiger partial charge is 0.370 e. The maximum Gasteiger partial charge on any atom is 0.354 e. The molecular formula is C30H37N9O2. The number of carbonyl (C=O) groups excluding carboxylic acids is 1. The van der Waals surface area contributed by atoms with Gasteiger partial charge in [-0.05, 0) is 80.4 Å². The van der Waals surface area contributed by atoms with Crippen molar-refractivity contribution < 1.29 is 4.79 Å². The molecule has 3 heterocycles. The molecule has 5 rings (SSSR count). The van der Waals surface area contributed by atoms with Crippen LogP contribution in [0.15, 0.2) is 65.6 Å². The predicted octanol–water partition coefficient (Wildman–Crippen LogP) is 2.17. The molecule has 0 unspecified atom stereocenters. The predicted molar refractivity (Wildman–Crippen MR) is 161 cm³/mol. The summed E-state index contributed by atoms with van der Waals surface area (Å²) in [5, 5.41) is 18.0. The number of piperidine rings is 1. The average molecular weight is 556 g/mol. The standard InChI is InChI=1S/C30H37N9O2/c1-38(29(31)32)16-2-13-34-18-20-3-9-25(10-4-20)39-19-23-17-26(36-27(23)37-30(39)41)21-5-7-22(8-6-21)28(40)35-24-11-14-33-15-12-24/h3-10,17,19,24,33-34H,2,11-16,18H2,1H3,(H3,31,32)(H,35,40)(H,36,37,41). The topological polar surface area (TPSA) is 157 Å². The Bertz CT molecular complexity index is 1550. The maximum absolute atomic E-state index is 12.8. The lowest BCUT2D eigenvalue weighted by Gasteiger charge is -2.23. The summed E-state index contributed by atoms with van der Waals surface area (Å²) in [5.74, 6) is 0.0141. The molecule has 0 bridgehead atoms. The fraction of sp³-hybridized carbons (Fsp3) is 0.333.